The highest BCUT2D eigenvalue weighted by molar-refractivity contribution is 7.19. The van der Waals surface area contributed by atoms with Crippen LogP contribution in [-0.4, -0.2) is 0 Å². The standard InChI is InChI=1S/C12H10S/c1-3-7-11-9(5-1)10-6-2-4-8-12(10)13-11/h1-3,5-7H,4,8H2. The van der Waals surface area contributed by atoms with Crippen molar-refractivity contribution in [2.75, 3.05) is 0 Å². The Hall–Kier alpha value is -1.08. The van der Waals surface area contributed by atoms with E-state index in [1.165, 1.54) is 28.5 Å². The molecule has 0 fully saturated rings. The van der Waals surface area contributed by atoms with Gasteiger partial charge in [-0.3, -0.25) is 0 Å². The van der Waals surface area contributed by atoms with Crippen LogP contribution in [0, 0.1) is 0 Å². The van der Waals surface area contributed by atoms with E-state index in [4.69, 9.17) is 0 Å². The molecule has 0 radical (unpaired) electrons. The first-order valence-electron chi connectivity index (χ1n) is 4.62. The molecule has 0 aliphatic heterocycles. The van der Waals surface area contributed by atoms with Gasteiger partial charge in [-0.05, 0) is 29.9 Å². The van der Waals surface area contributed by atoms with Gasteiger partial charge in [0, 0.05) is 9.58 Å². The minimum atomic E-state index is 1.21. The zero-order valence-corrected chi connectivity index (χ0v) is 8.10. The van der Waals surface area contributed by atoms with Crippen LogP contribution in [0.15, 0.2) is 30.3 Å². The van der Waals surface area contributed by atoms with Crippen molar-refractivity contribution < 1.29 is 0 Å². The predicted octanol–water partition coefficient (Wildman–Crippen LogP) is 3.86. The Kier molecular flexibility index (Phi) is 1.53. The second-order valence-electron chi connectivity index (χ2n) is 3.38. The Balaban J connectivity index is 2.42. The number of hydrogen-bond acceptors (Lipinski definition) is 1. The Morgan fingerprint density at radius 3 is 3.08 bits per heavy atom. The zero-order valence-electron chi connectivity index (χ0n) is 7.29. The van der Waals surface area contributed by atoms with Gasteiger partial charge in [0.1, 0.15) is 0 Å². The molecule has 0 amide bonds. The summed E-state index contributed by atoms with van der Waals surface area (Å²) >= 11 is 1.95. The van der Waals surface area contributed by atoms with Gasteiger partial charge in [-0.2, -0.15) is 0 Å². The van der Waals surface area contributed by atoms with Crippen LogP contribution in [0.5, 0.6) is 0 Å². The molecule has 0 unspecified atom stereocenters. The second kappa shape index (κ2) is 2.71. The Morgan fingerprint density at radius 1 is 1.15 bits per heavy atom. The second-order valence-corrected chi connectivity index (χ2v) is 4.51. The van der Waals surface area contributed by atoms with Gasteiger partial charge in [-0.1, -0.05) is 30.4 Å². The summed E-state index contributed by atoms with van der Waals surface area (Å²) in [6, 6.07) is 8.68. The van der Waals surface area contributed by atoms with Gasteiger partial charge in [-0.25, -0.2) is 0 Å². The van der Waals surface area contributed by atoms with Crippen LogP contribution in [0.4, 0.5) is 0 Å². The molecule has 0 saturated heterocycles. The molecule has 13 heavy (non-hydrogen) atoms. The first-order valence-corrected chi connectivity index (χ1v) is 5.44. The number of rotatable bonds is 0. The number of hydrogen-bond donors (Lipinski definition) is 0. The van der Waals surface area contributed by atoms with E-state index in [9.17, 15) is 0 Å². The fourth-order valence-corrected chi connectivity index (χ4v) is 3.11. The fourth-order valence-electron chi connectivity index (χ4n) is 1.90. The van der Waals surface area contributed by atoms with E-state index < -0.39 is 0 Å². The van der Waals surface area contributed by atoms with Crippen LogP contribution in [0.2, 0.25) is 0 Å². The normalized spacial score (nSPS) is 14.8. The molecule has 1 aromatic carbocycles. The molecule has 3 rings (SSSR count). The SMILES string of the molecule is C1=Cc2c(sc3ccccc23)CC1. The van der Waals surface area contributed by atoms with Gasteiger partial charge in [0.15, 0.2) is 0 Å². The lowest BCUT2D eigenvalue weighted by Gasteiger charge is -2.02. The average Bonchev–Trinajstić information content (AvgIpc) is 2.56. The lowest BCUT2D eigenvalue weighted by Crippen LogP contribution is -1.86. The van der Waals surface area contributed by atoms with E-state index in [2.05, 4.69) is 36.4 Å². The molecule has 1 aromatic heterocycles. The van der Waals surface area contributed by atoms with E-state index in [0.717, 1.165) is 0 Å². The number of aryl methyl sites for hydroxylation is 1. The third-order valence-corrected chi connectivity index (χ3v) is 3.78. The van der Waals surface area contributed by atoms with Gasteiger partial charge in [-0.15, -0.1) is 11.3 Å². The van der Waals surface area contributed by atoms with E-state index in [-0.39, 0.29) is 0 Å². The van der Waals surface area contributed by atoms with Crippen LogP contribution in [0.25, 0.3) is 16.2 Å². The number of allylic oxidation sites excluding steroid dienone is 1. The van der Waals surface area contributed by atoms with E-state index >= 15 is 0 Å². The number of benzene rings is 1. The lowest BCUT2D eigenvalue weighted by atomic mass is 10.0. The van der Waals surface area contributed by atoms with Crippen molar-refractivity contribution in [2.45, 2.75) is 12.8 Å². The summed E-state index contributed by atoms with van der Waals surface area (Å²) in [5.41, 5.74) is 1.46. The topological polar surface area (TPSA) is 0 Å². The van der Waals surface area contributed by atoms with Gasteiger partial charge in [0.2, 0.25) is 0 Å². The quantitative estimate of drug-likeness (QED) is 0.586. The molecule has 0 atom stereocenters. The van der Waals surface area contributed by atoms with Crippen LogP contribution >= 0.6 is 11.3 Å². The molecule has 2 aromatic rings. The number of thiophene rings is 1. The molecule has 64 valence electrons. The molecular weight excluding hydrogens is 176 g/mol. The fraction of sp³-hybridized carbons (Fsp3) is 0.167. The highest BCUT2D eigenvalue weighted by Crippen LogP contribution is 2.35. The Morgan fingerprint density at radius 2 is 2.08 bits per heavy atom. The summed E-state index contributed by atoms with van der Waals surface area (Å²) in [5.74, 6) is 0. The third kappa shape index (κ3) is 1.04. The van der Waals surface area contributed by atoms with Gasteiger partial charge in [0.25, 0.3) is 0 Å². The van der Waals surface area contributed by atoms with Crippen molar-refractivity contribution >= 4 is 27.5 Å². The minimum absolute atomic E-state index is 1.21. The summed E-state index contributed by atoms with van der Waals surface area (Å²) in [4.78, 5) is 1.56. The van der Waals surface area contributed by atoms with Crippen molar-refractivity contribution in [3.8, 4) is 0 Å². The Labute approximate surface area is 81.5 Å². The molecule has 1 aliphatic carbocycles. The molecule has 1 heteroatoms. The predicted molar refractivity (Wildman–Crippen MR) is 59.2 cm³/mol. The molecule has 0 saturated carbocycles. The highest BCUT2D eigenvalue weighted by Gasteiger charge is 2.10. The molecular formula is C12H10S. The molecule has 0 nitrogen and oxygen atoms in total. The third-order valence-electron chi connectivity index (χ3n) is 2.53. The van der Waals surface area contributed by atoms with Gasteiger partial charge in [0.05, 0.1) is 0 Å². The number of fused-ring (bicyclic) bond motifs is 3. The lowest BCUT2D eigenvalue weighted by molar-refractivity contribution is 1.02. The van der Waals surface area contributed by atoms with Crippen molar-refractivity contribution in [3.05, 3.63) is 40.8 Å². The van der Waals surface area contributed by atoms with Gasteiger partial charge < -0.3 is 0 Å². The average molecular weight is 186 g/mol. The molecule has 0 spiro atoms. The molecule has 1 aliphatic rings. The summed E-state index contributed by atoms with van der Waals surface area (Å²) < 4.78 is 1.43. The minimum Gasteiger partial charge on any atom is -0.140 e. The van der Waals surface area contributed by atoms with Crippen LogP contribution in [0.3, 0.4) is 0 Å². The summed E-state index contributed by atoms with van der Waals surface area (Å²) in [5, 5.41) is 1.43. The monoisotopic (exact) mass is 186 g/mol. The summed E-state index contributed by atoms with van der Waals surface area (Å²) in [7, 11) is 0. The van der Waals surface area contributed by atoms with Crippen molar-refractivity contribution in [1.29, 1.82) is 0 Å². The van der Waals surface area contributed by atoms with Gasteiger partial charge >= 0.3 is 0 Å². The molecule has 1 heterocycles. The van der Waals surface area contributed by atoms with Crippen molar-refractivity contribution in [1.82, 2.24) is 0 Å². The highest BCUT2D eigenvalue weighted by atomic mass is 32.1. The maximum absolute atomic E-state index is 2.28. The van der Waals surface area contributed by atoms with Crippen molar-refractivity contribution in [3.63, 3.8) is 0 Å². The summed E-state index contributed by atoms with van der Waals surface area (Å²) in [6.07, 6.45) is 6.99. The smallest absolute Gasteiger partial charge is 0.0351 e. The van der Waals surface area contributed by atoms with E-state index in [1.807, 2.05) is 11.3 Å². The first kappa shape index (κ1) is 7.34. The maximum Gasteiger partial charge on any atom is 0.0351 e. The Bertz CT molecular complexity index is 477. The van der Waals surface area contributed by atoms with Crippen LogP contribution < -0.4 is 0 Å². The first-order chi connectivity index (χ1) is 6.45. The zero-order chi connectivity index (χ0) is 8.67. The van der Waals surface area contributed by atoms with Crippen molar-refractivity contribution in [2.24, 2.45) is 0 Å². The van der Waals surface area contributed by atoms with E-state index in [1.54, 1.807) is 4.88 Å². The molecule has 0 bridgehead atoms. The van der Waals surface area contributed by atoms with Crippen LogP contribution in [0.1, 0.15) is 16.9 Å². The maximum atomic E-state index is 2.28. The largest absolute Gasteiger partial charge is 0.140 e. The molecule has 0 N–H and O–H groups in total. The van der Waals surface area contributed by atoms with Crippen LogP contribution in [-0.2, 0) is 6.42 Å². The van der Waals surface area contributed by atoms with E-state index in [0.29, 0.717) is 0 Å². The summed E-state index contributed by atoms with van der Waals surface area (Å²) in [6.45, 7) is 0.